The number of halogens is 2. The Morgan fingerprint density at radius 3 is 2.50 bits per heavy atom. The molecule has 134 valence electrons. The standard InChI is InChI=1S/C16H23Cl2N3O3/c1-2-19-16(23)21-8-6-20(7-9-21)10-12(22)11-24-15-13(17)4-3-5-14(15)18/h3-5,12,22H,2,6-11H2,1H3,(H,19,23). The zero-order valence-corrected chi connectivity index (χ0v) is 15.2. The highest BCUT2D eigenvalue weighted by atomic mass is 35.5. The molecule has 0 radical (unpaired) electrons. The number of benzene rings is 1. The van der Waals surface area contributed by atoms with Gasteiger partial charge in [-0.1, -0.05) is 29.3 Å². The number of urea groups is 1. The minimum Gasteiger partial charge on any atom is -0.488 e. The summed E-state index contributed by atoms with van der Waals surface area (Å²) in [6.07, 6.45) is -0.659. The van der Waals surface area contributed by atoms with E-state index in [9.17, 15) is 9.90 Å². The average Bonchev–Trinajstić information content (AvgIpc) is 2.55. The van der Waals surface area contributed by atoms with Crippen LogP contribution in [-0.2, 0) is 0 Å². The number of ether oxygens (including phenoxy) is 1. The van der Waals surface area contributed by atoms with E-state index in [1.807, 2.05) is 6.92 Å². The van der Waals surface area contributed by atoms with E-state index in [1.54, 1.807) is 23.1 Å². The van der Waals surface area contributed by atoms with E-state index in [4.69, 9.17) is 27.9 Å². The summed E-state index contributed by atoms with van der Waals surface area (Å²) >= 11 is 12.1. The Kier molecular flexibility index (Phi) is 7.42. The Morgan fingerprint density at radius 1 is 1.29 bits per heavy atom. The lowest BCUT2D eigenvalue weighted by atomic mass is 10.2. The van der Waals surface area contributed by atoms with Crippen molar-refractivity contribution in [3.05, 3.63) is 28.2 Å². The second kappa shape index (κ2) is 9.32. The molecule has 2 rings (SSSR count). The summed E-state index contributed by atoms with van der Waals surface area (Å²) in [4.78, 5) is 15.6. The van der Waals surface area contributed by atoms with E-state index < -0.39 is 6.10 Å². The summed E-state index contributed by atoms with van der Waals surface area (Å²) in [5.74, 6) is 0.390. The topological polar surface area (TPSA) is 65.0 Å². The number of para-hydroxylation sites is 1. The van der Waals surface area contributed by atoms with Crippen LogP contribution in [0.1, 0.15) is 6.92 Å². The fourth-order valence-electron chi connectivity index (χ4n) is 2.55. The number of carbonyl (C=O) groups excluding carboxylic acids is 1. The first-order valence-electron chi connectivity index (χ1n) is 8.01. The number of amides is 2. The first kappa shape index (κ1) is 19.1. The molecule has 1 heterocycles. The van der Waals surface area contributed by atoms with Crippen LogP contribution in [0, 0.1) is 0 Å². The van der Waals surface area contributed by atoms with Crippen molar-refractivity contribution in [2.45, 2.75) is 13.0 Å². The molecule has 0 aromatic heterocycles. The second-order valence-corrected chi connectivity index (χ2v) is 6.45. The largest absolute Gasteiger partial charge is 0.488 e. The van der Waals surface area contributed by atoms with E-state index in [0.29, 0.717) is 42.0 Å². The Bertz CT molecular complexity index is 531. The SMILES string of the molecule is CCNC(=O)N1CCN(CC(O)COc2c(Cl)cccc2Cl)CC1. The molecule has 6 nitrogen and oxygen atoms in total. The Hall–Kier alpha value is -1.21. The Morgan fingerprint density at radius 2 is 1.92 bits per heavy atom. The van der Waals surface area contributed by atoms with Crippen molar-refractivity contribution < 1.29 is 14.6 Å². The predicted octanol–water partition coefficient (Wildman–Crippen LogP) is 2.08. The van der Waals surface area contributed by atoms with Gasteiger partial charge >= 0.3 is 6.03 Å². The molecule has 0 saturated carbocycles. The molecule has 1 fully saturated rings. The van der Waals surface area contributed by atoms with Crippen LogP contribution in [-0.4, -0.2) is 72.9 Å². The van der Waals surface area contributed by atoms with Gasteiger partial charge in [0, 0.05) is 39.3 Å². The second-order valence-electron chi connectivity index (χ2n) is 5.64. The Balaban J connectivity index is 1.74. The van der Waals surface area contributed by atoms with E-state index in [-0.39, 0.29) is 12.6 Å². The third-order valence-electron chi connectivity index (χ3n) is 3.80. The highest BCUT2D eigenvalue weighted by molar-refractivity contribution is 6.37. The van der Waals surface area contributed by atoms with Gasteiger partial charge in [-0.2, -0.15) is 0 Å². The minimum atomic E-state index is -0.659. The molecule has 0 bridgehead atoms. The highest BCUT2D eigenvalue weighted by Crippen LogP contribution is 2.32. The molecule has 24 heavy (non-hydrogen) atoms. The van der Waals surface area contributed by atoms with E-state index in [0.717, 1.165) is 13.1 Å². The van der Waals surface area contributed by atoms with Crippen molar-refractivity contribution in [3.63, 3.8) is 0 Å². The van der Waals surface area contributed by atoms with E-state index >= 15 is 0 Å². The summed E-state index contributed by atoms with van der Waals surface area (Å²) < 4.78 is 5.55. The van der Waals surface area contributed by atoms with Gasteiger partial charge in [-0.05, 0) is 19.1 Å². The number of nitrogens with zero attached hydrogens (tertiary/aromatic N) is 2. The van der Waals surface area contributed by atoms with Crippen molar-refractivity contribution in [2.75, 3.05) is 45.9 Å². The number of piperazine rings is 1. The first-order valence-corrected chi connectivity index (χ1v) is 8.76. The van der Waals surface area contributed by atoms with Crippen LogP contribution >= 0.6 is 23.2 Å². The van der Waals surface area contributed by atoms with E-state index in [2.05, 4.69) is 10.2 Å². The van der Waals surface area contributed by atoms with Crippen LogP contribution in [0.2, 0.25) is 10.0 Å². The van der Waals surface area contributed by atoms with Crippen LogP contribution in [0.15, 0.2) is 18.2 Å². The van der Waals surface area contributed by atoms with Crippen molar-refractivity contribution in [2.24, 2.45) is 0 Å². The van der Waals surface area contributed by atoms with Gasteiger partial charge in [-0.25, -0.2) is 4.79 Å². The number of rotatable bonds is 6. The monoisotopic (exact) mass is 375 g/mol. The molecule has 2 amide bonds. The quantitative estimate of drug-likeness (QED) is 0.798. The third-order valence-corrected chi connectivity index (χ3v) is 4.39. The van der Waals surface area contributed by atoms with Gasteiger partial charge in [0.2, 0.25) is 0 Å². The number of hydrogen-bond donors (Lipinski definition) is 2. The van der Waals surface area contributed by atoms with Gasteiger partial charge in [0.1, 0.15) is 12.7 Å². The first-order chi connectivity index (χ1) is 11.5. The maximum Gasteiger partial charge on any atom is 0.317 e. The van der Waals surface area contributed by atoms with Gasteiger partial charge in [-0.15, -0.1) is 0 Å². The predicted molar refractivity (Wildman–Crippen MR) is 95.0 cm³/mol. The molecule has 1 aromatic carbocycles. The Labute approximate surface area is 152 Å². The molecule has 1 unspecified atom stereocenters. The molecule has 0 aliphatic carbocycles. The normalized spacial score (nSPS) is 16.8. The fraction of sp³-hybridized carbons (Fsp3) is 0.562. The zero-order chi connectivity index (χ0) is 17.5. The molecule has 0 spiro atoms. The van der Waals surface area contributed by atoms with Crippen molar-refractivity contribution >= 4 is 29.2 Å². The van der Waals surface area contributed by atoms with Crippen molar-refractivity contribution in [1.29, 1.82) is 0 Å². The van der Waals surface area contributed by atoms with Crippen LogP contribution in [0.3, 0.4) is 0 Å². The highest BCUT2D eigenvalue weighted by Gasteiger charge is 2.22. The molecule has 1 saturated heterocycles. The van der Waals surface area contributed by atoms with Gasteiger partial charge < -0.3 is 20.1 Å². The zero-order valence-electron chi connectivity index (χ0n) is 13.7. The number of carbonyl (C=O) groups is 1. The van der Waals surface area contributed by atoms with Crippen LogP contribution in [0.25, 0.3) is 0 Å². The number of β-amino-alcohol motifs (C(OH)–C–C–N with tert-alkyl or cyclic N) is 1. The summed E-state index contributed by atoms with van der Waals surface area (Å²) in [5, 5.41) is 13.8. The maximum absolute atomic E-state index is 11.8. The van der Waals surface area contributed by atoms with E-state index in [1.165, 1.54) is 0 Å². The lowest BCUT2D eigenvalue weighted by Crippen LogP contribution is -2.53. The molecule has 8 heteroatoms. The van der Waals surface area contributed by atoms with Crippen LogP contribution < -0.4 is 10.1 Å². The number of aliphatic hydroxyl groups excluding tert-OH is 1. The molecule has 1 aromatic rings. The number of aliphatic hydroxyl groups is 1. The van der Waals surface area contributed by atoms with Gasteiger partial charge in [0.25, 0.3) is 0 Å². The van der Waals surface area contributed by atoms with Gasteiger partial charge in [0.05, 0.1) is 10.0 Å². The minimum absolute atomic E-state index is 0.0330. The van der Waals surface area contributed by atoms with Crippen molar-refractivity contribution in [3.8, 4) is 5.75 Å². The summed E-state index contributed by atoms with van der Waals surface area (Å²) in [6, 6.07) is 5.09. The van der Waals surface area contributed by atoms with Crippen molar-refractivity contribution in [1.82, 2.24) is 15.1 Å². The molecular weight excluding hydrogens is 353 g/mol. The third kappa shape index (κ3) is 5.41. The lowest BCUT2D eigenvalue weighted by molar-refractivity contribution is 0.0517. The molecule has 1 atom stereocenters. The van der Waals surface area contributed by atoms with Gasteiger partial charge in [-0.3, -0.25) is 4.90 Å². The lowest BCUT2D eigenvalue weighted by Gasteiger charge is -2.35. The molecule has 1 aliphatic heterocycles. The summed E-state index contributed by atoms with van der Waals surface area (Å²) in [6.45, 7) is 5.86. The smallest absolute Gasteiger partial charge is 0.317 e. The fourth-order valence-corrected chi connectivity index (χ4v) is 3.05. The number of hydrogen-bond acceptors (Lipinski definition) is 4. The summed E-state index contributed by atoms with van der Waals surface area (Å²) in [5.41, 5.74) is 0. The maximum atomic E-state index is 11.8. The molecule has 1 aliphatic rings. The van der Waals surface area contributed by atoms with Crippen LogP contribution in [0.4, 0.5) is 4.79 Å². The van der Waals surface area contributed by atoms with Crippen LogP contribution in [0.5, 0.6) is 5.75 Å². The average molecular weight is 376 g/mol. The van der Waals surface area contributed by atoms with Gasteiger partial charge in [0.15, 0.2) is 5.75 Å². The molecular formula is C16H23Cl2N3O3. The summed E-state index contributed by atoms with van der Waals surface area (Å²) in [7, 11) is 0. The number of nitrogens with one attached hydrogen (secondary N) is 1. The molecule has 2 N–H and O–H groups in total.